The van der Waals surface area contributed by atoms with Crippen LogP contribution in [0.3, 0.4) is 0 Å². The van der Waals surface area contributed by atoms with Gasteiger partial charge in [-0.05, 0) is 37.3 Å². The quantitative estimate of drug-likeness (QED) is 0.655. The molecular weight excluding hydrogens is 398 g/mol. The number of benzene rings is 2. The number of nitrogens with one attached hydrogen (secondary N) is 1. The Morgan fingerprint density at radius 3 is 2.58 bits per heavy atom. The first-order valence-corrected chi connectivity index (χ1v) is 10.1. The molecule has 31 heavy (non-hydrogen) atoms. The van der Waals surface area contributed by atoms with Crippen LogP contribution < -0.4 is 10.1 Å². The first-order valence-electron chi connectivity index (χ1n) is 10.1. The normalized spacial score (nSPS) is 13.6. The summed E-state index contributed by atoms with van der Waals surface area (Å²) in [6.45, 7) is 4.53. The number of rotatable bonds is 6. The first-order chi connectivity index (χ1) is 15.2. The Morgan fingerprint density at radius 2 is 1.84 bits per heavy atom. The topological polar surface area (TPSA) is 93.9 Å². The Bertz CT molecular complexity index is 1060. The number of hydrogen-bond acceptors (Lipinski definition) is 6. The van der Waals surface area contributed by atoms with Gasteiger partial charge in [-0.2, -0.15) is 0 Å². The molecule has 4 rings (SSSR count). The lowest BCUT2D eigenvalue weighted by atomic mass is 10.0. The molecule has 1 fully saturated rings. The van der Waals surface area contributed by atoms with Crippen LogP contribution in [-0.2, 0) is 4.74 Å². The number of carbonyl (C=O) groups is 2. The van der Waals surface area contributed by atoms with Gasteiger partial charge in [0, 0.05) is 24.3 Å². The van der Waals surface area contributed by atoms with Crippen LogP contribution in [0.4, 0.5) is 5.69 Å². The molecule has 2 amide bonds. The van der Waals surface area contributed by atoms with Crippen molar-refractivity contribution in [1.82, 2.24) is 9.88 Å². The van der Waals surface area contributed by atoms with E-state index in [0.717, 1.165) is 5.75 Å². The van der Waals surface area contributed by atoms with Crippen molar-refractivity contribution < 1.29 is 23.5 Å². The molecule has 2 aromatic carbocycles. The summed E-state index contributed by atoms with van der Waals surface area (Å²) in [6.07, 6.45) is 1.21. The molecule has 0 saturated carbocycles. The van der Waals surface area contributed by atoms with Gasteiger partial charge in [-0.3, -0.25) is 9.59 Å². The van der Waals surface area contributed by atoms with E-state index in [1.165, 1.54) is 6.39 Å². The van der Waals surface area contributed by atoms with Crippen LogP contribution in [0.25, 0.3) is 11.3 Å². The molecule has 1 N–H and O–H groups in total. The summed E-state index contributed by atoms with van der Waals surface area (Å²) in [4.78, 5) is 31.8. The molecule has 8 heteroatoms. The smallest absolute Gasteiger partial charge is 0.278 e. The minimum atomic E-state index is -0.429. The minimum absolute atomic E-state index is 0.108. The largest absolute Gasteiger partial charge is 0.494 e. The lowest BCUT2D eigenvalue weighted by Gasteiger charge is -2.27. The minimum Gasteiger partial charge on any atom is -0.494 e. The summed E-state index contributed by atoms with van der Waals surface area (Å²) in [7, 11) is 0. The number of oxazole rings is 1. The second kappa shape index (κ2) is 9.44. The van der Waals surface area contributed by atoms with E-state index in [0.29, 0.717) is 49.7 Å². The fourth-order valence-electron chi connectivity index (χ4n) is 3.39. The summed E-state index contributed by atoms with van der Waals surface area (Å²) in [6, 6.07) is 14.1. The van der Waals surface area contributed by atoms with Crippen molar-refractivity contribution in [1.29, 1.82) is 0 Å². The van der Waals surface area contributed by atoms with Gasteiger partial charge < -0.3 is 24.1 Å². The Balaban J connectivity index is 1.58. The molecule has 1 saturated heterocycles. The lowest BCUT2D eigenvalue weighted by molar-refractivity contribution is 0.0303. The number of aromatic nitrogens is 1. The third-order valence-corrected chi connectivity index (χ3v) is 4.91. The summed E-state index contributed by atoms with van der Waals surface area (Å²) in [5.41, 5.74) is 1.68. The summed E-state index contributed by atoms with van der Waals surface area (Å²) >= 11 is 0. The van der Waals surface area contributed by atoms with Crippen molar-refractivity contribution in [3.63, 3.8) is 0 Å². The van der Waals surface area contributed by atoms with Crippen molar-refractivity contribution >= 4 is 17.5 Å². The molecule has 0 radical (unpaired) electrons. The van der Waals surface area contributed by atoms with Gasteiger partial charge in [0.05, 0.1) is 25.4 Å². The number of anilines is 1. The van der Waals surface area contributed by atoms with E-state index in [-0.39, 0.29) is 17.4 Å². The van der Waals surface area contributed by atoms with Gasteiger partial charge in [-0.15, -0.1) is 0 Å². The van der Waals surface area contributed by atoms with Crippen LogP contribution in [0.1, 0.15) is 27.8 Å². The molecule has 1 aromatic heterocycles. The van der Waals surface area contributed by atoms with Crippen molar-refractivity contribution in [2.45, 2.75) is 6.92 Å². The zero-order valence-electron chi connectivity index (χ0n) is 17.2. The zero-order valence-corrected chi connectivity index (χ0v) is 17.2. The highest BCUT2D eigenvalue weighted by Crippen LogP contribution is 2.29. The van der Waals surface area contributed by atoms with E-state index in [4.69, 9.17) is 13.9 Å². The van der Waals surface area contributed by atoms with Crippen LogP contribution in [0.5, 0.6) is 5.75 Å². The summed E-state index contributed by atoms with van der Waals surface area (Å²) in [5, 5.41) is 2.81. The highest BCUT2D eigenvalue weighted by atomic mass is 16.5. The molecule has 160 valence electrons. The van der Waals surface area contributed by atoms with Crippen LogP contribution in [-0.4, -0.2) is 54.6 Å². The van der Waals surface area contributed by atoms with Crippen LogP contribution in [0.2, 0.25) is 0 Å². The Kier molecular flexibility index (Phi) is 6.28. The van der Waals surface area contributed by atoms with Gasteiger partial charge in [0.1, 0.15) is 5.75 Å². The van der Waals surface area contributed by atoms with Crippen LogP contribution in [0.15, 0.2) is 59.3 Å². The van der Waals surface area contributed by atoms with Gasteiger partial charge in [0.2, 0.25) is 0 Å². The van der Waals surface area contributed by atoms with Crippen molar-refractivity contribution in [2.24, 2.45) is 0 Å². The van der Waals surface area contributed by atoms with Crippen molar-refractivity contribution in [3.8, 4) is 17.1 Å². The van der Waals surface area contributed by atoms with Gasteiger partial charge >= 0.3 is 0 Å². The van der Waals surface area contributed by atoms with Crippen molar-refractivity contribution in [3.05, 3.63) is 66.2 Å². The third-order valence-electron chi connectivity index (χ3n) is 4.91. The first kappa shape index (κ1) is 20.6. The van der Waals surface area contributed by atoms with Crippen molar-refractivity contribution in [2.75, 3.05) is 38.2 Å². The Hall–Kier alpha value is -3.65. The van der Waals surface area contributed by atoms with Gasteiger partial charge in [0.15, 0.2) is 17.8 Å². The molecule has 1 aliphatic rings. The molecule has 0 unspecified atom stereocenters. The molecule has 0 atom stereocenters. The lowest BCUT2D eigenvalue weighted by Crippen LogP contribution is -2.40. The zero-order chi connectivity index (χ0) is 21.6. The maximum Gasteiger partial charge on any atom is 0.278 e. The molecular formula is C23H23N3O5. The highest BCUT2D eigenvalue weighted by molar-refractivity contribution is 6.08. The van der Waals surface area contributed by atoms with Gasteiger partial charge in [-0.25, -0.2) is 4.98 Å². The standard InChI is InChI=1S/C23H23N3O5/c1-2-30-17-9-7-16(8-10-17)25-22(27)20-21(31-15-24-20)18-5-3-4-6-19(18)23(28)26-11-13-29-14-12-26/h3-10,15H,2,11-14H2,1H3,(H,25,27). The van der Waals surface area contributed by atoms with E-state index >= 15 is 0 Å². The van der Waals surface area contributed by atoms with Gasteiger partial charge in [0.25, 0.3) is 11.8 Å². The number of nitrogens with zero attached hydrogens (tertiary/aromatic N) is 2. The van der Waals surface area contributed by atoms with Gasteiger partial charge in [-0.1, -0.05) is 18.2 Å². The molecule has 0 aliphatic carbocycles. The second-order valence-electron chi connectivity index (χ2n) is 6.89. The molecule has 0 bridgehead atoms. The summed E-state index contributed by atoms with van der Waals surface area (Å²) in [5.74, 6) is 0.411. The highest BCUT2D eigenvalue weighted by Gasteiger charge is 2.26. The predicted octanol–water partition coefficient (Wildman–Crippen LogP) is 3.47. The number of amides is 2. The average Bonchev–Trinajstić information content (AvgIpc) is 3.31. The maximum atomic E-state index is 13.1. The number of ether oxygens (including phenoxy) is 2. The van der Waals surface area contributed by atoms with E-state index < -0.39 is 5.91 Å². The molecule has 1 aliphatic heterocycles. The van der Waals surface area contributed by atoms with E-state index in [1.807, 2.05) is 6.92 Å². The fraction of sp³-hybridized carbons (Fsp3) is 0.261. The van der Waals surface area contributed by atoms with Crippen LogP contribution in [0, 0.1) is 0 Å². The van der Waals surface area contributed by atoms with E-state index in [1.54, 1.807) is 53.4 Å². The average molecular weight is 421 g/mol. The maximum absolute atomic E-state index is 13.1. The van der Waals surface area contributed by atoms with E-state index in [9.17, 15) is 9.59 Å². The van der Waals surface area contributed by atoms with Crippen LogP contribution >= 0.6 is 0 Å². The van der Waals surface area contributed by atoms with E-state index in [2.05, 4.69) is 10.3 Å². The third kappa shape index (κ3) is 4.59. The number of hydrogen-bond donors (Lipinski definition) is 1. The molecule has 8 nitrogen and oxygen atoms in total. The number of carbonyl (C=O) groups excluding carboxylic acids is 2. The Labute approximate surface area is 179 Å². The summed E-state index contributed by atoms with van der Waals surface area (Å²) < 4.78 is 16.3. The second-order valence-corrected chi connectivity index (χ2v) is 6.89. The predicted molar refractivity (Wildman–Crippen MR) is 114 cm³/mol. The molecule has 3 aromatic rings. The monoisotopic (exact) mass is 421 g/mol. The molecule has 0 spiro atoms. The fourth-order valence-corrected chi connectivity index (χ4v) is 3.39. The number of morpholine rings is 1. The SMILES string of the molecule is CCOc1ccc(NC(=O)c2ncoc2-c2ccccc2C(=O)N2CCOCC2)cc1. The Morgan fingerprint density at radius 1 is 1.10 bits per heavy atom. The molecule has 2 heterocycles.